The van der Waals surface area contributed by atoms with Gasteiger partial charge < -0.3 is 11.1 Å². The summed E-state index contributed by atoms with van der Waals surface area (Å²) < 4.78 is 0.168. The van der Waals surface area contributed by atoms with Crippen molar-refractivity contribution in [2.45, 2.75) is 44.8 Å². The highest BCUT2D eigenvalue weighted by Crippen LogP contribution is 2.24. The van der Waals surface area contributed by atoms with Gasteiger partial charge in [-0.25, -0.2) is 9.97 Å². The number of nitrogen functional groups attached to an aromatic ring is 1. The molecule has 0 spiro atoms. The maximum atomic E-state index is 5.83. The van der Waals surface area contributed by atoms with E-state index in [0.717, 1.165) is 18.2 Å². The van der Waals surface area contributed by atoms with Crippen LogP contribution in [0.3, 0.4) is 0 Å². The van der Waals surface area contributed by atoms with Crippen LogP contribution in [0, 0.1) is 0 Å². The van der Waals surface area contributed by atoms with Crippen molar-refractivity contribution in [2.24, 2.45) is 0 Å². The third kappa shape index (κ3) is 4.37. The first-order valence-electron chi connectivity index (χ1n) is 6.08. The van der Waals surface area contributed by atoms with E-state index in [0.29, 0.717) is 5.82 Å². The molecule has 4 nitrogen and oxygen atoms in total. The van der Waals surface area contributed by atoms with E-state index in [2.05, 4.69) is 56.2 Å². The van der Waals surface area contributed by atoms with Crippen LogP contribution in [-0.4, -0.2) is 27.5 Å². The Morgan fingerprint density at radius 2 is 1.83 bits per heavy atom. The van der Waals surface area contributed by atoms with Crippen LogP contribution >= 0.6 is 11.8 Å². The molecule has 3 N–H and O–H groups in total. The van der Waals surface area contributed by atoms with E-state index < -0.39 is 0 Å². The summed E-state index contributed by atoms with van der Waals surface area (Å²) >= 11 is 1.82. The molecule has 0 saturated carbocycles. The van der Waals surface area contributed by atoms with E-state index in [9.17, 15) is 0 Å². The monoisotopic (exact) mass is 268 g/mol. The number of hydrogen-bond donors (Lipinski definition) is 2. The van der Waals surface area contributed by atoms with Gasteiger partial charge in [-0.15, -0.1) is 0 Å². The molecule has 1 aromatic heterocycles. The van der Waals surface area contributed by atoms with Gasteiger partial charge in [0.2, 0.25) is 0 Å². The van der Waals surface area contributed by atoms with E-state index in [1.54, 1.807) is 6.07 Å². The van der Waals surface area contributed by atoms with Crippen LogP contribution in [0.15, 0.2) is 6.07 Å². The van der Waals surface area contributed by atoms with Gasteiger partial charge in [0.15, 0.2) is 0 Å². The van der Waals surface area contributed by atoms with Gasteiger partial charge in [0.05, 0.1) is 0 Å². The largest absolute Gasteiger partial charge is 0.384 e. The molecule has 1 rings (SSSR count). The Balaban J connectivity index is 2.88. The summed E-state index contributed by atoms with van der Waals surface area (Å²) in [6, 6.07) is 1.78. The Labute approximate surface area is 114 Å². The molecule has 0 aliphatic rings. The van der Waals surface area contributed by atoms with Crippen LogP contribution in [0.2, 0.25) is 0 Å². The van der Waals surface area contributed by atoms with E-state index in [-0.39, 0.29) is 10.2 Å². The lowest BCUT2D eigenvalue weighted by Gasteiger charge is -2.23. The fourth-order valence-corrected chi connectivity index (χ4v) is 1.48. The predicted molar refractivity (Wildman–Crippen MR) is 81.2 cm³/mol. The van der Waals surface area contributed by atoms with Gasteiger partial charge in [-0.3, -0.25) is 0 Å². The minimum Gasteiger partial charge on any atom is -0.384 e. The van der Waals surface area contributed by atoms with Gasteiger partial charge in [0.1, 0.15) is 17.5 Å². The third-order valence-electron chi connectivity index (χ3n) is 2.66. The summed E-state index contributed by atoms with van der Waals surface area (Å²) in [7, 11) is 0. The second kappa shape index (κ2) is 5.34. The Kier molecular flexibility index (Phi) is 4.48. The molecule has 0 amide bonds. The summed E-state index contributed by atoms with van der Waals surface area (Å²) in [5.74, 6) is 2.08. The molecule has 0 radical (unpaired) electrons. The van der Waals surface area contributed by atoms with Gasteiger partial charge in [-0.05, 0) is 20.1 Å². The van der Waals surface area contributed by atoms with Crippen molar-refractivity contribution in [3.63, 3.8) is 0 Å². The zero-order valence-electron chi connectivity index (χ0n) is 12.2. The van der Waals surface area contributed by atoms with Crippen molar-refractivity contribution in [2.75, 3.05) is 23.9 Å². The molecule has 0 atom stereocenters. The van der Waals surface area contributed by atoms with Crippen molar-refractivity contribution in [3.05, 3.63) is 11.9 Å². The molecule has 0 aliphatic heterocycles. The zero-order valence-corrected chi connectivity index (χ0v) is 13.0. The van der Waals surface area contributed by atoms with Gasteiger partial charge in [0, 0.05) is 22.8 Å². The number of nitrogens with one attached hydrogen (secondary N) is 1. The molecule has 5 heteroatoms. The number of nitrogens with zero attached hydrogens (tertiary/aromatic N) is 2. The summed E-state index contributed by atoms with van der Waals surface area (Å²) in [4.78, 5) is 8.82. The molecule has 1 aromatic rings. The number of aromatic nitrogens is 2. The zero-order chi connectivity index (χ0) is 14.0. The standard InChI is InChI=1S/C13H24N4S/c1-12(2,3)11-16-9(14)7-10(17-11)15-8-13(4,5)18-6/h7H,8H2,1-6H3,(H3,14,15,16,17). The molecule has 0 aromatic carbocycles. The summed E-state index contributed by atoms with van der Waals surface area (Å²) in [5, 5.41) is 3.34. The van der Waals surface area contributed by atoms with Crippen molar-refractivity contribution < 1.29 is 0 Å². The van der Waals surface area contributed by atoms with Crippen LogP contribution in [0.1, 0.15) is 40.4 Å². The fraction of sp³-hybridized carbons (Fsp3) is 0.692. The smallest absolute Gasteiger partial charge is 0.138 e. The lowest BCUT2D eigenvalue weighted by molar-refractivity contribution is 0.546. The number of anilines is 2. The van der Waals surface area contributed by atoms with E-state index in [1.165, 1.54) is 0 Å². The van der Waals surface area contributed by atoms with Crippen LogP contribution in [0.25, 0.3) is 0 Å². The van der Waals surface area contributed by atoms with Gasteiger partial charge >= 0.3 is 0 Å². The van der Waals surface area contributed by atoms with Crippen molar-refractivity contribution in [3.8, 4) is 0 Å². The fourth-order valence-electron chi connectivity index (χ4n) is 1.27. The van der Waals surface area contributed by atoms with Crippen molar-refractivity contribution in [1.29, 1.82) is 0 Å². The third-order valence-corrected chi connectivity index (χ3v) is 3.91. The minimum absolute atomic E-state index is 0.0964. The Bertz CT molecular complexity index is 410. The molecule has 0 aliphatic carbocycles. The average molecular weight is 268 g/mol. The van der Waals surface area contributed by atoms with E-state index in [4.69, 9.17) is 5.73 Å². The first-order valence-corrected chi connectivity index (χ1v) is 7.30. The molecule has 1 heterocycles. The normalized spacial score (nSPS) is 12.6. The highest BCUT2D eigenvalue weighted by molar-refractivity contribution is 7.99. The molecular formula is C13H24N4S. The van der Waals surface area contributed by atoms with Crippen LogP contribution in [0.4, 0.5) is 11.6 Å². The molecule has 0 bridgehead atoms. The second-order valence-corrected chi connectivity index (χ2v) is 7.58. The van der Waals surface area contributed by atoms with Gasteiger partial charge in [-0.2, -0.15) is 11.8 Å². The van der Waals surface area contributed by atoms with E-state index in [1.807, 2.05) is 11.8 Å². The number of nitrogens with two attached hydrogens (primary N) is 1. The minimum atomic E-state index is -0.0964. The predicted octanol–water partition coefficient (Wildman–Crippen LogP) is 2.91. The van der Waals surface area contributed by atoms with Crippen LogP contribution in [0.5, 0.6) is 0 Å². The maximum absolute atomic E-state index is 5.83. The topological polar surface area (TPSA) is 63.8 Å². The molecule has 0 unspecified atom stereocenters. The van der Waals surface area contributed by atoms with Crippen LogP contribution < -0.4 is 11.1 Å². The maximum Gasteiger partial charge on any atom is 0.138 e. The highest BCUT2D eigenvalue weighted by atomic mass is 32.2. The molecular weight excluding hydrogens is 244 g/mol. The number of hydrogen-bond acceptors (Lipinski definition) is 5. The molecule has 0 fully saturated rings. The lowest BCUT2D eigenvalue weighted by Crippen LogP contribution is -2.27. The average Bonchev–Trinajstić information content (AvgIpc) is 2.25. The molecule has 0 saturated heterocycles. The van der Waals surface area contributed by atoms with Crippen molar-refractivity contribution in [1.82, 2.24) is 9.97 Å². The van der Waals surface area contributed by atoms with Crippen LogP contribution in [-0.2, 0) is 5.41 Å². The summed E-state index contributed by atoms with van der Waals surface area (Å²) in [6.07, 6.45) is 2.11. The van der Waals surface area contributed by atoms with Gasteiger partial charge in [-0.1, -0.05) is 20.8 Å². The Morgan fingerprint density at radius 1 is 1.22 bits per heavy atom. The Morgan fingerprint density at radius 3 is 2.33 bits per heavy atom. The van der Waals surface area contributed by atoms with Gasteiger partial charge in [0.25, 0.3) is 0 Å². The van der Waals surface area contributed by atoms with Crippen molar-refractivity contribution >= 4 is 23.4 Å². The van der Waals surface area contributed by atoms with E-state index >= 15 is 0 Å². The Hall–Kier alpha value is -0.970. The number of rotatable bonds is 4. The number of thioether (sulfide) groups is 1. The highest BCUT2D eigenvalue weighted by Gasteiger charge is 2.20. The molecule has 102 valence electrons. The first kappa shape index (κ1) is 15.1. The first-order chi connectivity index (χ1) is 8.14. The molecule has 18 heavy (non-hydrogen) atoms. The summed E-state index contributed by atoms with van der Waals surface area (Å²) in [6.45, 7) is 11.5. The SMILES string of the molecule is CSC(C)(C)CNc1cc(N)nc(C(C)(C)C)n1. The quantitative estimate of drug-likeness (QED) is 0.879. The second-order valence-electron chi connectivity index (χ2n) is 6.07. The lowest BCUT2D eigenvalue weighted by atomic mass is 9.96. The summed E-state index contributed by atoms with van der Waals surface area (Å²) in [5.41, 5.74) is 5.74.